The predicted molar refractivity (Wildman–Crippen MR) is 51.7 cm³/mol. The van der Waals surface area contributed by atoms with Crippen molar-refractivity contribution in [3.63, 3.8) is 0 Å². The Morgan fingerprint density at radius 2 is 1.59 bits per heavy atom. The lowest BCUT2D eigenvalue weighted by Crippen LogP contribution is -2.56. The zero-order valence-corrected chi connectivity index (χ0v) is 8.67. The molecule has 0 aliphatic heterocycles. The highest BCUT2D eigenvalue weighted by Crippen LogP contribution is 2.06. The maximum Gasteiger partial charge on any atom is 0.336 e. The number of hydrogen-bond donors (Lipinski definition) is 7. The van der Waals surface area contributed by atoms with Gasteiger partial charge in [0.05, 0.1) is 6.61 Å². The first kappa shape index (κ1) is 15.7. The molecule has 0 aromatic heterocycles. The second-order valence-corrected chi connectivity index (χ2v) is 3.22. The van der Waals surface area contributed by atoms with Crippen LogP contribution in [0.3, 0.4) is 0 Å². The lowest BCUT2D eigenvalue weighted by atomic mass is 10.0. The van der Waals surface area contributed by atoms with Crippen LogP contribution >= 0.6 is 0 Å². The Morgan fingerprint density at radius 3 is 1.94 bits per heavy atom. The van der Waals surface area contributed by atoms with Crippen molar-refractivity contribution < 1.29 is 35.1 Å². The molecule has 0 aliphatic carbocycles. The van der Waals surface area contributed by atoms with Gasteiger partial charge in [-0.05, 0) is 0 Å². The van der Waals surface area contributed by atoms with Gasteiger partial charge >= 0.3 is 6.03 Å². The minimum atomic E-state index is -2.27. The average molecular weight is 253 g/mol. The summed E-state index contributed by atoms with van der Waals surface area (Å²) in [4.78, 5) is 21.7. The van der Waals surface area contributed by atoms with E-state index in [1.165, 1.54) is 0 Å². The number of carbonyl (C=O) groups excluding carboxylic acids is 2. The summed E-state index contributed by atoms with van der Waals surface area (Å²) in [6.07, 6.45) is -8.19. The SMILES string of the molecule is NC(=O)N(N)C(=O)[C@H](O)[C@@H](O)[C@H](O)[C@H](O)CO. The summed E-state index contributed by atoms with van der Waals surface area (Å²) in [6, 6.07) is -1.38. The Bertz CT molecular complexity index is 287. The molecule has 0 aromatic rings. The number of aliphatic hydroxyl groups excluding tert-OH is 5. The molecule has 3 amide bonds. The van der Waals surface area contributed by atoms with Crippen molar-refractivity contribution in [1.82, 2.24) is 5.01 Å². The van der Waals surface area contributed by atoms with Gasteiger partial charge in [-0.25, -0.2) is 10.6 Å². The number of nitrogens with two attached hydrogens (primary N) is 2. The third-order valence-corrected chi connectivity index (χ3v) is 1.98. The van der Waals surface area contributed by atoms with Gasteiger partial charge in [0, 0.05) is 0 Å². The Morgan fingerprint density at radius 1 is 1.12 bits per heavy atom. The summed E-state index contributed by atoms with van der Waals surface area (Å²) >= 11 is 0. The van der Waals surface area contributed by atoms with E-state index in [-0.39, 0.29) is 5.01 Å². The fraction of sp³-hybridized carbons (Fsp3) is 0.714. The van der Waals surface area contributed by atoms with Crippen molar-refractivity contribution in [2.45, 2.75) is 24.4 Å². The molecule has 0 rings (SSSR count). The molecule has 10 heteroatoms. The highest BCUT2D eigenvalue weighted by atomic mass is 16.4. The molecule has 0 unspecified atom stereocenters. The molecule has 0 aliphatic rings. The number of nitrogens with zero attached hydrogens (tertiary/aromatic N) is 1. The van der Waals surface area contributed by atoms with E-state index in [0.717, 1.165) is 0 Å². The maximum atomic E-state index is 11.2. The largest absolute Gasteiger partial charge is 0.394 e. The Hall–Kier alpha value is -1.30. The molecule has 4 atom stereocenters. The summed E-state index contributed by atoms with van der Waals surface area (Å²) < 4.78 is 0. The van der Waals surface area contributed by atoms with Crippen LogP contribution in [0.1, 0.15) is 0 Å². The topological polar surface area (TPSA) is 191 Å². The van der Waals surface area contributed by atoms with Gasteiger partial charge < -0.3 is 31.3 Å². The molecule has 0 spiro atoms. The van der Waals surface area contributed by atoms with Crippen LogP contribution in [0.15, 0.2) is 0 Å². The Balaban J connectivity index is 4.64. The number of carbonyl (C=O) groups is 2. The van der Waals surface area contributed by atoms with Gasteiger partial charge in [-0.2, -0.15) is 5.01 Å². The molecule has 0 saturated heterocycles. The van der Waals surface area contributed by atoms with Crippen molar-refractivity contribution in [3.05, 3.63) is 0 Å². The normalized spacial score (nSPS) is 18.0. The molecule has 0 aromatic carbocycles. The fourth-order valence-electron chi connectivity index (χ4n) is 0.920. The van der Waals surface area contributed by atoms with Gasteiger partial charge in [-0.15, -0.1) is 0 Å². The van der Waals surface area contributed by atoms with E-state index in [2.05, 4.69) is 5.73 Å². The minimum absolute atomic E-state index is 0.161. The molecule has 9 N–H and O–H groups in total. The van der Waals surface area contributed by atoms with Crippen molar-refractivity contribution >= 4 is 11.9 Å². The Kier molecular flexibility index (Phi) is 5.95. The van der Waals surface area contributed by atoms with Crippen molar-refractivity contribution in [3.8, 4) is 0 Å². The van der Waals surface area contributed by atoms with Crippen LogP contribution in [0.25, 0.3) is 0 Å². The quantitative estimate of drug-likeness (QED) is 0.144. The number of primary amides is 1. The molecule has 0 heterocycles. The molecule has 0 bridgehead atoms. The summed E-state index contributed by atoms with van der Waals surface area (Å²) in [5.41, 5.74) is 4.63. The molecular weight excluding hydrogens is 238 g/mol. The highest BCUT2D eigenvalue weighted by Gasteiger charge is 2.36. The van der Waals surface area contributed by atoms with Crippen LogP contribution in [0, 0.1) is 0 Å². The number of urea groups is 1. The molecule has 17 heavy (non-hydrogen) atoms. The lowest BCUT2D eigenvalue weighted by Gasteiger charge is -2.26. The number of hydrazine groups is 1. The second kappa shape index (κ2) is 6.44. The van der Waals surface area contributed by atoms with E-state index in [9.17, 15) is 24.9 Å². The first-order valence-corrected chi connectivity index (χ1v) is 4.45. The van der Waals surface area contributed by atoms with Gasteiger partial charge in [0.15, 0.2) is 6.10 Å². The predicted octanol–water partition coefficient (Wildman–Crippen LogP) is -4.80. The van der Waals surface area contributed by atoms with Gasteiger partial charge in [0.2, 0.25) is 0 Å². The van der Waals surface area contributed by atoms with E-state index < -0.39 is 43.0 Å². The van der Waals surface area contributed by atoms with Crippen molar-refractivity contribution in [2.75, 3.05) is 6.61 Å². The van der Waals surface area contributed by atoms with Crippen LogP contribution in [0.4, 0.5) is 4.79 Å². The summed E-state index contributed by atoms with van der Waals surface area (Å²) in [5.74, 6) is 3.39. The number of imide groups is 1. The minimum Gasteiger partial charge on any atom is -0.394 e. The van der Waals surface area contributed by atoms with Gasteiger partial charge in [-0.1, -0.05) is 0 Å². The zero-order chi connectivity index (χ0) is 13.7. The molecule has 0 radical (unpaired) electrons. The third kappa shape index (κ3) is 3.89. The molecule has 100 valence electrons. The number of amides is 3. The smallest absolute Gasteiger partial charge is 0.336 e. The number of aliphatic hydroxyl groups is 5. The first-order chi connectivity index (χ1) is 7.73. The molecule has 10 nitrogen and oxygen atoms in total. The monoisotopic (exact) mass is 253 g/mol. The average Bonchev–Trinajstić information content (AvgIpc) is 2.32. The van der Waals surface area contributed by atoms with Gasteiger partial charge in [0.1, 0.15) is 18.3 Å². The van der Waals surface area contributed by atoms with Gasteiger partial charge in [-0.3, -0.25) is 4.79 Å². The van der Waals surface area contributed by atoms with Crippen molar-refractivity contribution in [2.24, 2.45) is 11.6 Å². The summed E-state index contributed by atoms with van der Waals surface area (Å²) in [6.45, 7) is -0.901. The van der Waals surface area contributed by atoms with E-state index in [1.54, 1.807) is 0 Å². The van der Waals surface area contributed by atoms with Crippen molar-refractivity contribution in [1.29, 1.82) is 0 Å². The zero-order valence-electron chi connectivity index (χ0n) is 8.67. The van der Waals surface area contributed by atoms with Crippen LogP contribution < -0.4 is 11.6 Å². The van der Waals surface area contributed by atoms with Crippen LogP contribution in [0.2, 0.25) is 0 Å². The van der Waals surface area contributed by atoms with E-state index in [0.29, 0.717) is 0 Å². The molecule has 0 saturated carbocycles. The first-order valence-electron chi connectivity index (χ1n) is 4.45. The van der Waals surface area contributed by atoms with E-state index in [1.807, 2.05) is 0 Å². The lowest BCUT2D eigenvalue weighted by molar-refractivity contribution is -0.155. The van der Waals surface area contributed by atoms with Crippen LogP contribution in [0.5, 0.6) is 0 Å². The van der Waals surface area contributed by atoms with E-state index in [4.69, 9.17) is 16.1 Å². The summed E-state index contributed by atoms with van der Waals surface area (Å²) in [5, 5.41) is 44.9. The number of hydrogen-bond acceptors (Lipinski definition) is 8. The highest BCUT2D eigenvalue weighted by molar-refractivity contribution is 5.95. The third-order valence-electron chi connectivity index (χ3n) is 1.98. The fourth-order valence-corrected chi connectivity index (χ4v) is 0.920. The van der Waals surface area contributed by atoms with Crippen LogP contribution in [-0.2, 0) is 4.79 Å². The van der Waals surface area contributed by atoms with E-state index >= 15 is 0 Å². The summed E-state index contributed by atoms with van der Waals surface area (Å²) in [7, 11) is 0. The second-order valence-electron chi connectivity index (χ2n) is 3.22. The molecular formula is C7H15N3O7. The molecule has 0 fully saturated rings. The number of rotatable bonds is 5. The Labute approximate surface area is 95.6 Å². The standard InChI is InChI=1S/C7H15N3O7/c8-7(17)10(9)6(16)5(15)4(14)3(13)2(12)1-11/h2-5,11-15H,1,9H2,(H2,8,17)/t2-,3-,4+,5-/m1/s1. The van der Waals surface area contributed by atoms with Gasteiger partial charge in [0.25, 0.3) is 5.91 Å². The van der Waals surface area contributed by atoms with Crippen LogP contribution in [-0.4, -0.2) is 73.5 Å². The maximum absolute atomic E-state index is 11.2.